The SMILES string of the molecule is O=C(NCC1CC1)c1ccc(COc2ccc3c(c2)C(c2ccccc2)N(C(=O)c2ccccc2)CC3)o1. The zero-order valence-electron chi connectivity index (χ0n) is 21.1. The van der Waals surface area contributed by atoms with Gasteiger partial charge < -0.3 is 19.4 Å². The summed E-state index contributed by atoms with van der Waals surface area (Å²) in [7, 11) is 0. The smallest absolute Gasteiger partial charge is 0.287 e. The van der Waals surface area contributed by atoms with Gasteiger partial charge in [0, 0.05) is 18.7 Å². The van der Waals surface area contributed by atoms with Gasteiger partial charge in [-0.05, 0) is 78.3 Å². The lowest BCUT2D eigenvalue weighted by Gasteiger charge is -2.38. The van der Waals surface area contributed by atoms with Crippen molar-refractivity contribution < 1.29 is 18.7 Å². The Balaban J connectivity index is 1.22. The molecule has 0 radical (unpaired) electrons. The van der Waals surface area contributed by atoms with Crippen LogP contribution in [0.4, 0.5) is 0 Å². The topological polar surface area (TPSA) is 71.8 Å². The molecule has 1 aliphatic carbocycles. The molecule has 192 valence electrons. The van der Waals surface area contributed by atoms with Crippen LogP contribution in [0.2, 0.25) is 0 Å². The molecule has 0 bridgehead atoms. The van der Waals surface area contributed by atoms with Crippen molar-refractivity contribution >= 4 is 11.8 Å². The molecule has 2 amide bonds. The summed E-state index contributed by atoms with van der Waals surface area (Å²) in [6.07, 6.45) is 3.14. The Kier molecular flexibility index (Phi) is 6.69. The number of benzene rings is 3. The van der Waals surface area contributed by atoms with Crippen LogP contribution in [0.3, 0.4) is 0 Å². The highest BCUT2D eigenvalue weighted by molar-refractivity contribution is 5.95. The summed E-state index contributed by atoms with van der Waals surface area (Å²) in [5.41, 5.74) is 4.00. The highest BCUT2D eigenvalue weighted by Crippen LogP contribution is 2.38. The average Bonchev–Trinajstić information content (AvgIpc) is 3.69. The number of nitrogens with one attached hydrogen (secondary N) is 1. The summed E-state index contributed by atoms with van der Waals surface area (Å²) < 4.78 is 11.8. The van der Waals surface area contributed by atoms with E-state index in [4.69, 9.17) is 9.15 Å². The number of nitrogens with zero attached hydrogens (tertiary/aromatic N) is 1. The summed E-state index contributed by atoms with van der Waals surface area (Å²) in [6.45, 7) is 1.54. The molecule has 6 rings (SSSR count). The number of ether oxygens (including phenoxy) is 1. The molecule has 1 fully saturated rings. The summed E-state index contributed by atoms with van der Waals surface area (Å²) >= 11 is 0. The van der Waals surface area contributed by atoms with Crippen molar-refractivity contribution in [1.82, 2.24) is 10.2 Å². The first-order chi connectivity index (χ1) is 18.7. The minimum atomic E-state index is -0.221. The molecule has 0 saturated heterocycles. The third-order valence-corrected chi connectivity index (χ3v) is 7.26. The normalized spacial score (nSPS) is 16.5. The number of fused-ring (bicyclic) bond motifs is 1. The van der Waals surface area contributed by atoms with Crippen molar-refractivity contribution in [3.8, 4) is 5.75 Å². The fraction of sp³-hybridized carbons (Fsp3) is 0.250. The van der Waals surface area contributed by atoms with Gasteiger partial charge in [0.15, 0.2) is 5.76 Å². The van der Waals surface area contributed by atoms with Crippen LogP contribution >= 0.6 is 0 Å². The molecule has 1 unspecified atom stereocenters. The summed E-state index contributed by atoms with van der Waals surface area (Å²) in [4.78, 5) is 27.8. The molecule has 1 aliphatic heterocycles. The largest absolute Gasteiger partial charge is 0.486 e. The van der Waals surface area contributed by atoms with Gasteiger partial charge in [-0.3, -0.25) is 9.59 Å². The zero-order chi connectivity index (χ0) is 25.9. The maximum absolute atomic E-state index is 13.6. The van der Waals surface area contributed by atoms with Crippen LogP contribution in [0.1, 0.15) is 62.2 Å². The molecule has 38 heavy (non-hydrogen) atoms. The Morgan fingerprint density at radius 1 is 0.921 bits per heavy atom. The molecule has 2 aliphatic rings. The van der Waals surface area contributed by atoms with Crippen LogP contribution in [0.15, 0.2) is 95.4 Å². The molecule has 0 spiro atoms. The summed E-state index contributed by atoms with van der Waals surface area (Å²) in [5.74, 6) is 2.01. The standard InChI is InChI=1S/C32H30N2O4/c35-31(33-20-22-11-12-22)29-16-15-27(38-29)21-37-26-14-13-23-17-18-34(32(36)25-9-5-2-6-10-25)30(28(23)19-26)24-7-3-1-4-8-24/h1-10,13-16,19,22,30H,11-12,17-18,20-21H2,(H,33,35). The van der Waals surface area contributed by atoms with Gasteiger partial charge in [0.1, 0.15) is 18.1 Å². The number of hydrogen-bond donors (Lipinski definition) is 1. The van der Waals surface area contributed by atoms with E-state index in [1.54, 1.807) is 12.1 Å². The van der Waals surface area contributed by atoms with Gasteiger partial charge in [0.2, 0.25) is 0 Å². The fourth-order valence-corrected chi connectivity index (χ4v) is 5.02. The lowest BCUT2D eigenvalue weighted by atomic mass is 9.87. The van der Waals surface area contributed by atoms with Crippen LogP contribution < -0.4 is 10.1 Å². The zero-order valence-corrected chi connectivity index (χ0v) is 21.1. The molecule has 1 saturated carbocycles. The van der Waals surface area contributed by atoms with E-state index in [0.717, 1.165) is 17.5 Å². The average molecular weight is 507 g/mol. The Morgan fingerprint density at radius 3 is 2.45 bits per heavy atom. The van der Waals surface area contributed by atoms with Crippen molar-refractivity contribution in [3.05, 3.63) is 125 Å². The minimum Gasteiger partial charge on any atom is -0.486 e. The van der Waals surface area contributed by atoms with E-state index in [2.05, 4.69) is 23.5 Å². The monoisotopic (exact) mass is 506 g/mol. The van der Waals surface area contributed by atoms with Crippen LogP contribution in [0.25, 0.3) is 0 Å². The second-order valence-corrected chi connectivity index (χ2v) is 10.00. The Bertz CT molecular complexity index is 1430. The molecule has 6 heteroatoms. The van der Waals surface area contributed by atoms with Gasteiger partial charge in [-0.1, -0.05) is 54.6 Å². The highest BCUT2D eigenvalue weighted by atomic mass is 16.5. The quantitative estimate of drug-likeness (QED) is 0.329. The highest BCUT2D eigenvalue weighted by Gasteiger charge is 2.33. The van der Waals surface area contributed by atoms with Crippen LogP contribution in [-0.2, 0) is 13.0 Å². The van der Waals surface area contributed by atoms with Gasteiger partial charge >= 0.3 is 0 Å². The van der Waals surface area contributed by atoms with E-state index in [9.17, 15) is 9.59 Å². The van der Waals surface area contributed by atoms with Crippen LogP contribution in [0.5, 0.6) is 5.75 Å². The molecule has 1 aromatic heterocycles. The van der Waals surface area contributed by atoms with E-state index < -0.39 is 0 Å². The van der Waals surface area contributed by atoms with Crippen molar-refractivity contribution in [2.75, 3.05) is 13.1 Å². The van der Waals surface area contributed by atoms with Crippen LogP contribution in [-0.4, -0.2) is 29.8 Å². The van der Waals surface area contributed by atoms with Gasteiger partial charge in [-0.2, -0.15) is 0 Å². The van der Waals surface area contributed by atoms with E-state index >= 15 is 0 Å². The molecule has 2 heterocycles. The predicted molar refractivity (Wildman–Crippen MR) is 144 cm³/mol. The number of furan rings is 1. The molecule has 1 N–H and O–H groups in total. The third kappa shape index (κ3) is 5.21. The number of carbonyl (C=O) groups excluding carboxylic acids is 2. The predicted octanol–water partition coefficient (Wildman–Crippen LogP) is 5.79. The molecular formula is C32H30N2O4. The van der Waals surface area contributed by atoms with Gasteiger partial charge in [0.25, 0.3) is 11.8 Å². The second kappa shape index (κ2) is 10.6. The third-order valence-electron chi connectivity index (χ3n) is 7.26. The Hall–Kier alpha value is -4.32. The first kappa shape index (κ1) is 24.0. The van der Waals surface area contributed by atoms with E-state index in [0.29, 0.717) is 41.8 Å². The second-order valence-electron chi connectivity index (χ2n) is 10.00. The molecular weight excluding hydrogens is 476 g/mol. The molecule has 3 aromatic carbocycles. The number of amides is 2. The maximum atomic E-state index is 13.6. The van der Waals surface area contributed by atoms with E-state index in [1.807, 2.05) is 65.6 Å². The molecule has 1 atom stereocenters. The molecule has 4 aromatic rings. The minimum absolute atomic E-state index is 0.0134. The van der Waals surface area contributed by atoms with E-state index in [-0.39, 0.29) is 24.5 Å². The van der Waals surface area contributed by atoms with Crippen molar-refractivity contribution in [1.29, 1.82) is 0 Å². The Labute approximate surface area is 222 Å². The summed E-state index contributed by atoms with van der Waals surface area (Å²) in [5, 5.41) is 2.92. The molecule has 6 nitrogen and oxygen atoms in total. The first-order valence-electron chi connectivity index (χ1n) is 13.2. The van der Waals surface area contributed by atoms with Crippen molar-refractivity contribution in [2.24, 2.45) is 5.92 Å². The number of carbonyl (C=O) groups is 2. The lowest BCUT2D eigenvalue weighted by molar-refractivity contribution is 0.0694. The lowest BCUT2D eigenvalue weighted by Crippen LogP contribution is -2.40. The number of rotatable bonds is 8. The fourth-order valence-electron chi connectivity index (χ4n) is 5.02. The van der Waals surface area contributed by atoms with Gasteiger partial charge in [-0.25, -0.2) is 0 Å². The van der Waals surface area contributed by atoms with Crippen molar-refractivity contribution in [3.63, 3.8) is 0 Å². The van der Waals surface area contributed by atoms with E-state index in [1.165, 1.54) is 18.4 Å². The maximum Gasteiger partial charge on any atom is 0.287 e. The van der Waals surface area contributed by atoms with Gasteiger partial charge in [0.05, 0.1) is 6.04 Å². The Morgan fingerprint density at radius 2 is 1.68 bits per heavy atom. The summed E-state index contributed by atoms with van der Waals surface area (Å²) in [6, 6.07) is 28.9. The number of hydrogen-bond acceptors (Lipinski definition) is 4. The van der Waals surface area contributed by atoms with Crippen molar-refractivity contribution in [2.45, 2.75) is 31.9 Å². The van der Waals surface area contributed by atoms with Crippen LogP contribution in [0, 0.1) is 5.92 Å². The first-order valence-corrected chi connectivity index (χ1v) is 13.2. The van der Waals surface area contributed by atoms with Gasteiger partial charge in [-0.15, -0.1) is 0 Å².